The normalized spacial score (nSPS) is 10.6. The third-order valence-corrected chi connectivity index (χ3v) is 4.61. The molecule has 0 saturated heterocycles. The van der Waals surface area contributed by atoms with Crippen LogP contribution in [-0.4, -0.2) is 36.8 Å². The number of alkyl halides is 2. The standard InChI is InChI=1S/C18H18F2N2O5S/c1-26-15-7-2-12(10-16(15)27-18(19)20)8-9-21-17(23)11-28-14-5-3-13(4-6-14)22(24)25/h2-7,10,18H,8-9,11H2,1H3,(H,21,23). The summed E-state index contributed by atoms with van der Waals surface area (Å²) in [6.07, 6.45) is 0.428. The molecule has 0 unspecified atom stereocenters. The molecule has 0 bridgehead atoms. The zero-order valence-electron chi connectivity index (χ0n) is 14.9. The molecular formula is C18H18F2N2O5S. The van der Waals surface area contributed by atoms with E-state index in [1.807, 2.05) is 0 Å². The Labute approximate surface area is 164 Å². The van der Waals surface area contributed by atoms with E-state index in [0.29, 0.717) is 18.5 Å². The van der Waals surface area contributed by atoms with Crippen molar-refractivity contribution in [1.29, 1.82) is 0 Å². The van der Waals surface area contributed by atoms with Gasteiger partial charge in [-0.05, 0) is 36.2 Å². The number of thioether (sulfide) groups is 1. The molecule has 0 aliphatic heterocycles. The molecule has 0 saturated carbocycles. The lowest BCUT2D eigenvalue weighted by molar-refractivity contribution is -0.384. The molecule has 1 amide bonds. The van der Waals surface area contributed by atoms with Crippen LogP contribution < -0.4 is 14.8 Å². The highest BCUT2D eigenvalue weighted by atomic mass is 32.2. The highest BCUT2D eigenvalue weighted by Gasteiger charge is 2.12. The van der Waals surface area contributed by atoms with Gasteiger partial charge in [-0.2, -0.15) is 8.78 Å². The van der Waals surface area contributed by atoms with Crippen LogP contribution in [0.1, 0.15) is 5.56 Å². The number of rotatable bonds is 10. The number of carbonyl (C=O) groups excluding carboxylic acids is 1. The van der Waals surface area contributed by atoms with Crippen molar-refractivity contribution >= 4 is 23.4 Å². The molecule has 10 heteroatoms. The van der Waals surface area contributed by atoms with Gasteiger partial charge in [0.2, 0.25) is 5.91 Å². The van der Waals surface area contributed by atoms with Gasteiger partial charge in [-0.3, -0.25) is 14.9 Å². The number of nitro benzene ring substituents is 1. The van der Waals surface area contributed by atoms with Crippen molar-refractivity contribution in [2.75, 3.05) is 19.4 Å². The number of nitrogens with one attached hydrogen (secondary N) is 1. The van der Waals surface area contributed by atoms with Gasteiger partial charge < -0.3 is 14.8 Å². The molecule has 150 valence electrons. The molecule has 28 heavy (non-hydrogen) atoms. The van der Waals surface area contributed by atoms with Crippen molar-refractivity contribution in [3.8, 4) is 11.5 Å². The van der Waals surface area contributed by atoms with E-state index in [9.17, 15) is 23.7 Å². The zero-order valence-corrected chi connectivity index (χ0v) is 15.7. The van der Waals surface area contributed by atoms with Gasteiger partial charge in [0.05, 0.1) is 17.8 Å². The number of ether oxygens (including phenoxy) is 2. The summed E-state index contributed by atoms with van der Waals surface area (Å²) in [6, 6.07) is 10.6. The van der Waals surface area contributed by atoms with Crippen LogP contribution in [0.15, 0.2) is 47.4 Å². The minimum absolute atomic E-state index is 0.0107. The largest absolute Gasteiger partial charge is 0.493 e. The third-order valence-electron chi connectivity index (χ3n) is 3.60. The molecular weight excluding hydrogens is 394 g/mol. The number of benzene rings is 2. The minimum Gasteiger partial charge on any atom is -0.493 e. The average molecular weight is 412 g/mol. The summed E-state index contributed by atoms with van der Waals surface area (Å²) in [7, 11) is 1.36. The average Bonchev–Trinajstić information content (AvgIpc) is 2.66. The number of nitrogens with zero attached hydrogens (tertiary/aromatic N) is 1. The highest BCUT2D eigenvalue weighted by molar-refractivity contribution is 8.00. The number of halogens is 2. The lowest BCUT2D eigenvalue weighted by atomic mass is 10.1. The number of methoxy groups -OCH3 is 1. The minimum atomic E-state index is -2.96. The maximum atomic E-state index is 12.4. The fourth-order valence-electron chi connectivity index (χ4n) is 2.27. The topological polar surface area (TPSA) is 90.7 Å². The second-order valence-corrected chi connectivity index (χ2v) is 6.55. The van der Waals surface area contributed by atoms with Crippen LogP contribution >= 0.6 is 11.8 Å². The number of carbonyl (C=O) groups is 1. The quantitative estimate of drug-likeness (QED) is 0.364. The van der Waals surface area contributed by atoms with Crippen LogP contribution in [0.25, 0.3) is 0 Å². The number of nitro groups is 1. The van der Waals surface area contributed by atoms with Crippen molar-refractivity contribution in [3.63, 3.8) is 0 Å². The second kappa shape index (κ2) is 10.5. The summed E-state index contributed by atoms with van der Waals surface area (Å²) in [5, 5.41) is 13.3. The summed E-state index contributed by atoms with van der Waals surface area (Å²) in [6.45, 7) is -2.64. The number of amides is 1. The predicted octanol–water partition coefficient (Wildman–Crippen LogP) is 3.66. The first-order valence-electron chi connectivity index (χ1n) is 8.14. The fraction of sp³-hybridized carbons (Fsp3) is 0.278. The van der Waals surface area contributed by atoms with E-state index in [4.69, 9.17) is 4.74 Å². The van der Waals surface area contributed by atoms with Gasteiger partial charge in [0, 0.05) is 23.6 Å². The summed E-state index contributed by atoms with van der Waals surface area (Å²) in [5.74, 6) is 0.0868. The van der Waals surface area contributed by atoms with Crippen LogP contribution in [0.3, 0.4) is 0 Å². The van der Waals surface area contributed by atoms with Crippen LogP contribution in [0.5, 0.6) is 11.5 Å². The molecule has 2 rings (SSSR count). The maximum Gasteiger partial charge on any atom is 0.387 e. The van der Waals surface area contributed by atoms with Gasteiger partial charge in [-0.1, -0.05) is 6.07 Å². The van der Waals surface area contributed by atoms with Crippen molar-refractivity contribution in [3.05, 3.63) is 58.1 Å². The van der Waals surface area contributed by atoms with E-state index in [2.05, 4.69) is 10.1 Å². The first-order chi connectivity index (χ1) is 13.4. The first-order valence-corrected chi connectivity index (χ1v) is 9.13. The Morgan fingerprint density at radius 2 is 1.93 bits per heavy atom. The Bertz CT molecular complexity index is 818. The predicted molar refractivity (Wildman–Crippen MR) is 100 cm³/mol. The third kappa shape index (κ3) is 6.69. The van der Waals surface area contributed by atoms with E-state index < -0.39 is 11.5 Å². The Kier molecular flexibility index (Phi) is 8.00. The van der Waals surface area contributed by atoms with Crippen LogP contribution in [-0.2, 0) is 11.2 Å². The molecule has 1 N–H and O–H groups in total. The molecule has 0 fully saturated rings. The summed E-state index contributed by atoms with van der Waals surface area (Å²) >= 11 is 1.25. The summed E-state index contributed by atoms with van der Waals surface area (Å²) in [5.41, 5.74) is 0.697. The highest BCUT2D eigenvalue weighted by Crippen LogP contribution is 2.29. The smallest absolute Gasteiger partial charge is 0.387 e. The van der Waals surface area contributed by atoms with Gasteiger partial charge in [0.1, 0.15) is 0 Å². The lowest BCUT2D eigenvalue weighted by Gasteiger charge is -2.12. The molecule has 2 aromatic carbocycles. The number of hydrogen-bond donors (Lipinski definition) is 1. The molecule has 0 aliphatic carbocycles. The van der Waals surface area contributed by atoms with Crippen molar-refractivity contribution in [2.24, 2.45) is 0 Å². The van der Waals surface area contributed by atoms with Gasteiger partial charge in [-0.15, -0.1) is 11.8 Å². The van der Waals surface area contributed by atoms with Crippen molar-refractivity contribution < 1.29 is 28.0 Å². The lowest BCUT2D eigenvalue weighted by Crippen LogP contribution is -2.27. The fourth-order valence-corrected chi connectivity index (χ4v) is 3.00. The van der Waals surface area contributed by atoms with Crippen LogP contribution in [0, 0.1) is 10.1 Å². The van der Waals surface area contributed by atoms with Crippen molar-refractivity contribution in [2.45, 2.75) is 17.9 Å². The zero-order chi connectivity index (χ0) is 20.5. The molecule has 0 heterocycles. The molecule has 0 radical (unpaired) electrons. The van der Waals surface area contributed by atoms with Gasteiger partial charge in [0.15, 0.2) is 11.5 Å². The molecule has 0 atom stereocenters. The number of hydrogen-bond acceptors (Lipinski definition) is 6. The molecule has 2 aromatic rings. The Morgan fingerprint density at radius 3 is 2.54 bits per heavy atom. The Balaban J connectivity index is 1.79. The summed E-state index contributed by atoms with van der Waals surface area (Å²) < 4.78 is 34.3. The van der Waals surface area contributed by atoms with Crippen molar-refractivity contribution in [1.82, 2.24) is 5.32 Å². The Morgan fingerprint density at radius 1 is 1.21 bits per heavy atom. The second-order valence-electron chi connectivity index (χ2n) is 5.50. The molecule has 0 spiro atoms. The van der Waals surface area contributed by atoms with Crippen LogP contribution in [0.4, 0.5) is 14.5 Å². The number of non-ortho nitro benzene ring substituents is 1. The molecule has 0 aliphatic rings. The monoisotopic (exact) mass is 412 g/mol. The van der Waals surface area contributed by atoms with Gasteiger partial charge >= 0.3 is 6.61 Å². The van der Waals surface area contributed by atoms with E-state index in [-0.39, 0.29) is 28.8 Å². The first kappa shape index (κ1) is 21.4. The molecule has 0 aromatic heterocycles. The van der Waals surface area contributed by atoms with Gasteiger partial charge in [-0.25, -0.2) is 0 Å². The van der Waals surface area contributed by atoms with E-state index >= 15 is 0 Å². The Hall–Kier alpha value is -2.88. The maximum absolute atomic E-state index is 12.4. The SMILES string of the molecule is COc1ccc(CCNC(=O)CSc2ccc([N+](=O)[O-])cc2)cc1OC(F)F. The molecule has 7 nitrogen and oxygen atoms in total. The van der Waals surface area contributed by atoms with E-state index in [1.54, 1.807) is 18.2 Å². The van der Waals surface area contributed by atoms with Gasteiger partial charge in [0.25, 0.3) is 5.69 Å². The van der Waals surface area contributed by atoms with E-state index in [1.165, 1.54) is 43.1 Å². The summed E-state index contributed by atoms with van der Waals surface area (Å²) in [4.78, 5) is 22.8. The van der Waals surface area contributed by atoms with Crippen LogP contribution in [0.2, 0.25) is 0 Å². The van der Waals surface area contributed by atoms with E-state index in [0.717, 1.165) is 4.90 Å².